The van der Waals surface area contributed by atoms with Gasteiger partial charge in [0.25, 0.3) is 0 Å². The van der Waals surface area contributed by atoms with E-state index in [0.717, 1.165) is 19.6 Å². The number of piperidine rings is 1. The van der Waals surface area contributed by atoms with E-state index in [0.29, 0.717) is 18.4 Å². The molecule has 1 saturated heterocycles. The fourth-order valence-corrected chi connectivity index (χ4v) is 3.72. The number of pyridine rings is 1. The van der Waals surface area contributed by atoms with Gasteiger partial charge in [-0.25, -0.2) is 14.2 Å². The van der Waals surface area contributed by atoms with Gasteiger partial charge >= 0.3 is 5.97 Å². The summed E-state index contributed by atoms with van der Waals surface area (Å²) in [5.41, 5.74) is 0.968. The van der Waals surface area contributed by atoms with Crippen LogP contribution in [0.15, 0.2) is 36.5 Å². The second-order valence-corrected chi connectivity index (χ2v) is 6.66. The molecule has 0 saturated carbocycles. The number of aromatic nitrogens is 1. The maximum absolute atomic E-state index is 14.1. The zero-order valence-corrected chi connectivity index (χ0v) is 13.7. The maximum atomic E-state index is 14.1. The molecule has 1 fully saturated rings. The van der Waals surface area contributed by atoms with Gasteiger partial charge in [0, 0.05) is 44.2 Å². The number of carbonyl (C=O) groups is 1. The molecular formula is C18H16ClFN2O2. The van der Waals surface area contributed by atoms with E-state index in [4.69, 9.17) is 16.3 Å². The van der Waals surface area contributed by atoms with E-state index in [1.807, 2.05) is 18.2 Å². The molecule has 0 amide bonds. The van der Waals surface area contributed by atoms with Gasteiger partial charge in [-0.3, -0.25) is 4.90 Å². The Bertz CT molecular complexity index is 789. The van der Waals surface area contributed by atoms with E-state index < -0.39 is 17.4 Å². The predicted molar refractivity (Wildman–Crippen MR) is 87.3 cm³/mol. The van der Waals surface area contributed by atoms with Gasteiger partial charge in [-0.15, -0.1) is 0 Å². The summed E-state index contributed by atoms with van der Waals surface area (Å²) in [4.78, 5) is 18.3. The molecule has 2 aromatic rings. The van der Waals surface area contributed by atoms with Gasteiger partial charge in [-0.1, -0.05) is 41.9 Å². The van der Waals surface area contributed by atoms with Gasteiger partial charge < -0.3 is 4.74 Å². The number of benzene rings is 1. The van der Waals surface area contributed by atoms with E-state index in [1.165, 1.54) is 11.8 Å². The Morgan fingerprint density at radius 3 is 2.67 bits per heavy atom. The zero-order chi connectivity index (χ0) is 16.7. The van der Waals surface area contributed by atoms with Crippen LogP contribution >= 0.6 is 11.6 Å². The average Bonchev–Trinajstić information content (AvgIpc) is 2.87. The van der Waals surface area contributed by atoms with Crippen LogP contribution in [0.4, 0.5) is 4.39 Å². The normalized spacial score (nSPS) is 19.3. The number of nitrogens with zero attached hydrogens (tertiary/aromatic N) is 2. The third kappa shape index (κ3) is 2.48. The lowest BCUT2D eigenvalue weighted by Crippen LogP contribution is -2.42. The van der Waals surface area contributed by atoms with Crippen LogP contribution in [0.25, 0.3) is 0 Å². The summed E-state index contributed by atoms with van der Waals surface area (Å²) in [5.74, 6) is -1.41. The molecular weight excluding hydrogens is 331 g/mol. The maximum Gasteiger partial charge on any atom is 0.342 e. The molecule has 0 unspecified atom stereocenters. The van der Waals surface area contributed by atoms with Gasteiger partial charge in [0.1, 0.15) is 11.2 Å². The van der Waals surface area contributed by atoms with Crippen molar-refractivity contribution in [3.8, 4) is 0 Å². The molecule has 4 nitrogen and oxygen atoms in total. The van der Waals surface area contributed by atoms with Crippen molar-refractivity contribution in [3.05, 3.63) is 64.2 Å². The molecule has 1 spiro atoms. The number of esters is 1. The second-order valence-electron chi connectivity index (χ2n) is 6.30. The molecule has 1 aromatic heterocycles. The summed E-state index contributed by atoms with van der Waals surface area (Å²) < 4.78 is 19.7. The largest absolute Gasteiger partial charge is 0.450 e. The number of carbonyl (C=O) groups excluding carboxylic acids is 1. The van der Waals surface area contributed by atoms with Crippen molar-refractivity contribution < 1.29 is 13.9 Å². The Kier molecular flexibility index (Phi) is 3.77. The first-order valence-corrected chi connectivity index (χ1v) is 8.31. The quantitative estimate of drug-likeness (QED) is 0.616. The van der Waals surface area contributed by atoms with Crippen LogP contribution in [0, 0.1) is 5.82 Å². The molecule has 0 aliphatic carbocycles. The lowest BCUT2D eigenvalue weighted by molar-refractivity contribution is -0.0442. The van der Waals surface area contributed by atoms with Crippen LogP contribution in [0.5, 0.6) is 0 Å². The lowest BCUT2D eigenvalue weighted by atomic mass is 9.84. The molecule has 0 bridgehead atoms. The first-order chi connectivity index (χ1) is 11.6. The molecule has 0 atom stereocenters. The Morgan fingerprint density at radius 1 is 1.25 bits per heavy atom. The number of hydrogen-bond donors (Lipinski definition) is 0. The van der Waals surface area contributed by atoms with Crippen molar-refractivity contribution >= 4 is 17.6 Å². The molecule has 0 radical (unpaired) electrons. The van der Waals surface area contributed by atoms with E-state index in [-0.39, 0.29) is 10.7 Å². The number of rotatable bonds is 2. The van der Waals surface area contributed by atoms with Gasteiger partial charge in [0.2, 0.25) is 0 Å². The topological polar surface area (TPSA) is 42.4 Å². The number of halogens is 2. The predicted octanol–water partition coefficient (Wildman–Crippen LogP) is 3.54. The van der Waals surface area contributed by atoms with Crippen LogP contribution in [-0.2, 0) is 16.9 Å². The fraction of sp³-hybridized carbons (Fsp3) is 0.333. The Hall–Kier alpha value is -1.98. The zero-order valence-electron chi connectivity index (χ0n) is 13.0. The van der Waals surface area contributed by atoms with Crippen LogP contribution in [0.1, 0.15) is 34.3 Å². The van der Waals surface area contributed by atoms with Crippen molar-refractivity contribution in [3.63, 3.8) is 0 Å². The highest BCUT2D eigenvalue weighted by Gasteiger charge is 2.49. The molecule has 3 heterocycles. The molecule has 24 heavy (non-hydrogen) atoms. The van der Waals surface area contributed by atoms with Crippen LogP contribution in [0.3, 0.4) is 0 Å². The Balaban J connectivity index is 1.54. The third-order valence-corrected chi connectivity index (χ3v) is 5.14. The number of hydrogen-bond acceptors (Lipinski definition) is 4. The van der Waals surface area contributed by atoms with Crippen molar-refractivity contribution in [2.75, 3.05) is 13.1 Å². The summed E-state index contributed by atoms with van der Waals surface area (Å²) in [5, 5.41) is -0.288. The highest BCUT2D eigenvalue weighted by Crippen LogP contribution is 2.45. The number of ether oxygens (including phenoxy) is 1. The van der Waals surface area contributed by atoms with Gasteiger partial charge in [-0.2, -0.15) is 0 Å². The van der Waals surface area contributed by atoms with Crippen LogP contribution in [0.2, 0.25) is 5.15 Å². The summed E-state index contributed by atoms with van der Waals surface area (Å²) >= 11 is 5.70. The highest BCUT2D eigenvalue weighted by atomic mass is 35.5. The minimum absolute atomic E-state index is 0.0495. The van der Waals surface area contributed by atoms with Crippen LogP contribution in [-0.4, -0.2) is 28.9 Å². The molecule has 4 rings (SSSR count). The monoisotopic (exact) mass is 346 g/mol. The molecule has 6 heteroatoms. The van der Waals surface area contributed by atoms with E-state index in [9.17, 15) is 9.18 Å². The van der Waals surface area contributed by atoms with Crippen molar-refractivity contribution in [1.82, 2.24) is 9.88 Å². The Labute approximate surface area is 144 Å². The summed E-state index contributed by atoms with van der Waals surface area (Å²) in [6.45, 7) is 2.39. The highest BCUT2D eigenvalue weighted by molar-refractivity contribution is 6.30. The van der Waals surface area contributed by atoms with Gasteiger partial charge in [0.05, 0.1) is 0 Å². The molecule has 2 aliphatic rings. The molecule has 1 aromatic carbocycles. The summed E-state index contributed by atoms with van der Waals surface area (Å²) in [7, 11) is 0. The molecule has 0 N–H and O–H groups in total. The summed E-state index contributed by atoms with van der Waals surface area (Å²) in [6.07, 6.45) is 2.74. The summed E-state index contributed by atoms with van der Waals surface area (Å²) in [6, 6.07) is 10.2. The van der Waals surface area contributed by atoms with Crippen LogP contribution < -0.4 is 0 Å². The van der Waals surface area contributed by atoms with E-state index >= 15 is 0 Å². The minimum atomic E-state index is -0.775. The number of fused-ring (bicyclic) bond motifs is 2. The first kappa shape index (κ1) is 15.5. The van der Waals surface area contributed by atoms with Gasteiger partial charge in [-0.05, 0) is 5.56 Å². The fourth-order valence-electron chi connectivity index (χ4n) is 3.58. The van der Waals surface area contributed by atoms with E-state index in [2.05, 4.69) is 22.0 Å². The average molecular weight is 347 g/mol. The smallest absolute Gasteiger partial charge is 0.342 e. The Morgan fingerprint density at radius 2 is 1.96 bits per heavy atom. The van der Waals surface area contributed by atoms with E-state index in [1.54, 1.807) is 0 Å². The standard InChI is InChI=1S/C18H16ClFN2O2/c19-16-15(20)14-13(10-21-16)18(24-17(14)23)6-8-22(9-7-18)11-12-4-2-1-3-5-12/h1-5,10H,6-9,11H2. The van der Waals surface area contributed by atoms with Crippen molar-refractivity contribution in [2.45, 2.75) is 25.0 Å². The second kappa shape index (κ2) is 5.83. The lowest BCUT2D eigenvalue weighted by Gasteiger charge is -2.38. The molecule has 124 valence electrons. The number of likely N-dealkylation sites (tertiary alicyclic amines) is 1. The SMILES string of the molecule is O=C1OC2(CCN(Cc3ccccc3)CC2)c2cnc(Cl)c(F)c21. The first-order valence-electron chi connectivity index (χ1n) is 7.93. The van der Waals surface area contributed by atoms with Gasteiger partial charge in [0.15, 0.2) is 11.0 Å². The molecule has 2 aliphatic heterocycles. The third-order valence-electron chi connectivity index (χ3n) is 4.87. The minimum Gasteiger partial charge on any atom is -0.450 e. The van der Waals surface area contributed by atoms with Crippen molar-refractivity contribution in [2.24, 2.45) is 0 Å². The van der Waals surface area contributed by atoms with Crippen molar-refractivity contribution in [1.29, 1.82) is 0 Å².